The second kappa shape index (κ2) is 23.4. The molecule has 0 spiro atoms. The standard InChI is InChI=1S/C27H51NO3/c1-5-7-8-9-10-11-12-13-14-15-16-17-18-19-20-21-23-26(22-6-2)31-27(29)30-25-24-28(3)4/h10-11,13-14,26H,5-9,12,15-25H2,1-4H3. The molecule has 0 rings (SSSR count). The molecule has 0 N–H and O–H groups in total. The van der Waals surface area contributed by atoms with Gasteiger partial charge in [-0.05, 0) is 65.5 Å². The molecule has 0 saturated heterocycles. The molecule has 0 aliphatic heterocycles. The summed E-state index contributed by atoms with van der Waals surface area (Å²) in [6.45, 7) is 5.49. The summed E-state index contributed by atoms with van der Waals surface area (Å²) in [5.74, 6) is 0. The fourth-order valence-electron chi connectivity index (χ4n) is 3.43. The fraction of sp³-hybridized carbons (Fsp3) is 0.815. The SMILES string of the molecule is CCCCCC=CCC=CCCCCCCCCC(CCC)OC(=O)OCCN(C)C. The predicted octanol–water partition coefficient (Wildman–Crippen LogP) is 8.07. The van der Waals surface area contributed by atoms with Gasteiger partial charge in [-0.25, -0.2) is 4.79 Å². The molecule has 0 bridgehead atoms. The van der Waals surface area contributed by atoms with Gasteiger partial charge in [-0.15, -0.1) is 0 Å². The van der Waals surface area contributed by atoms with E-state index in [4.69, 9.17) is 9.47 Å². The minimum Gasteiger partial charge on any atom is -0.433 e. The van der Waals surface area contributed by atoms with Crippen molar-refractivity contribution in [1.29, 1.82) is 0 Å². The number of carbonyl (C=O) groups excluding carboxylic acids is 1. The van der Waals surface area contributed by atoms with Crippen molar-refractivity contribution in [3.05, 3.63) is 24.3 Å². The van der Waals surface area contributed by atoms with Crippen molar-refractivity contribution >= 4 is 6.16 Å². The number of carbonyl (C=O) groups is 1. The van der Waals surface area contributed by atoms with E-state index in [1.54, 1.807) is 0 Å². The maximum absolute atomic E-state index is 11.8. The number of allylic oxidation sites excluding steroid dienone is 4. The first kappa shape index (κ1) is 29.7. The quantitative estimate of drug-likeness (QED) is 0.103. The topological polar surface area (TPSA) is 38.8 Å². The highest BCUT2D eigenvalue weighted by Gasteiger charge is 2.14. The fourth-order valence-corrected chi connectivity index (χ4v) is 3.43. The van der Waals surface area contributed by atoms with Crippen LogP contribution < -0.4 is 0 Å². The molecule has 0 heterocycles. The van der Waals surface area contributed by atoms with Crippen molar-refractivity contribution in [3.63, 3.8) is 0 Å². The predicted molar refractivity (Wildman–Crippen MR) is 134 cm³/mol. The first-order valence-electron chi connectivity index (χ1n) is 12.9. The van der Waals surface area contributed by atoms with Gasteiger partial charge in [-0.3, -0.25) is 0 Å². The van der Waals surface area contributed by atoms with E-state index in [0.29, 0.717) is 6.61 Å². The molecule has 0 fully saturated rings. The van der Waals surface area contributed by atoms with E-state index < -0.39 is 6.16 Å². The third-order valence-corrected chi connectivity index (χ3v) is 5.36. The summed E-state index contributed by atoms with van der Waals surface area (Å²) in [7, 11) is 3.92. The number of rotatable bonds is 21. The Kier molecular flexibility index (Phi) is 22.4. The van der Waals surface area contributed by atoms with Crippen LogP contribution in [0, 0.1) is 0 Å². The minimum atomic E-state index is -0.514. The largest absolute Gasteiger partial charge is 0.508 e. The maximum atomic E-state index is 11.8. The number of nitrogens with zero attached hydrogens (tertiary/aromatic N) is 1. The van der Waals surface area contributed by atoms with Crippen molar-refractivity contribution in [2.75, 3.05) is 27.2 Å². The summed E-state index contributed by atoms with van der Waals surface area (Å²) >= 11 is 0. The molecule has 0 aliphatic carbocycles. The van der Waals surface area contributed by atoms with Gasteiger partial charge in [-0.2, -0.15) is 0 Å². The van der Waals surface area contributed by atoms with Crippen LogP contribution in [0.5, 0.6) is 0 Å². The van der Waals surface area contributed by atoms with Crippen LogP contribution in [0.4, 0.5) is 4.79 Å². The molecule has 0 aromatic carbocycles. The van der Waals surface area contributed by atoms with Gasteiger partial charge >= 0.3 is 6.16 Å². The van der Waals surface area contributed by atoms with Crippen molar-refractivity contribution in [1.82, 2.24) is 4.90 Å². The summed E-state index contributed by atoms with van der Waals surface area (Å²) in [6, 6.07) is 0. The Morgan fingerprint density at radius 2 is 1.39 bits per heavy atom. The lowest BCUT2D eigenvalue weighted by molar-refractivity contribution is 0.0145. The van der Waals surface area contributed by atoms with Crippen LogP contribution in [-0.2, 0) is 9.47 Å². The van der Waals surface area contributed by atoms with Crippen LogP contribution in [0.25, 0.3) is 0 Å². The molecular formula is C27H51NO3. The third-order valence-electron chi connectivity index (χ3n) is 5.36. The highest BCUT2D eigenvalue weighted by atomic mass is 16.7. The van der Waals surface area contributed by atoms with Crippen LogP contribution in [0.3, 0.4) is 0 Å². The zero-order valence-corrected chi connectivity index (χ0v) is 21.1. The highest BCUT2D eigenvalue weighted by molar-refractivity contribution is 5.60. The zero-order chi connectivity index (χ0) is 23.0. The van der Waals surface area contributed by atoms with Crippen molar-refractivity contribution in [2.45, 2.75) is 116 Å². The van der Waals surface area contributed by atoms with Crippen LogP contribution in [0.1, 0.15) is 110 Å². The summed E-state index contributed by atoms with van der Waals surface area (Å²) in [5, 5.41) is 0. The highest BCUT2D eigenvalue weighted by Crippen LogP contribution is 2.15. The molecule has 1 unspecified atom stereocenters. The number of hydrogen-bond acceptors (Lipinski definition) is 4. The van der Waals surface area contributed by atoms with Crippen LogP contribution in [0.2, 0.25) is 0 Å². The average Bonchev–Trinajstić information content (AvgIpc) is 2.73. The van der Waals surface area contributed by atoms with E-state index in [0.717, 1.165) is 38.6 Å². The van der Waals surface area contributed by atoms with E-state index >= 15 is 0 Å². The van der Waals surface area contributed by atoms with E-state index in [2.05, 4.69) is 38.2 Å². The van der Waals surface area contributed by atoms with Gasteiger partial charge in [-0.1, -0.05) is 83.1 Å². The van der Waals surface area contributed by atoms with Crippen molar-refractivity contribution in [2.24, 2.45) is 0 Å². The summed E-state index contributed by atoms with van der Waals surface area (Å²) < 4.78 is 10.7. The molecule has 0 radical (unpaired) electrons. The van der Waals surface area contributed by atoms with Crippen LogP contribution in [-0.4, -0.2) is 44.4 Å². The van der Waals surface area contributed by atoms with Gasteiger partial charge in [0.25, 0.3) is 0 Å². The lowest BCUT2D eigenvalue weighted by Gasteiger charge is -2.17. The van der Waals surface area contributed by atoms with E-state index in [1.807, 2.05) is 19.0 Å². The molecule has 31 heavy (non-hydrogen) atoms. The Hall–Kier alpha value is -1.29. The second-order valence-corrected chi connectivity index (χ2v) is 8.80. The minimum absolute atomic E-state index is 0.00249. The molecule has 0 aromatic heterocycles. The first-order valence-corrected chi connectivity index (χ1v) is 12.9. The molecule has 0 amide bonds. The van der Waals surface area contributed by atoms with Crippen molar-refractivity contribution in [3.8, 4) is 0 Å². The molecule has 4 nitrogen and oxygen atoms in total. The first-order chi connectivity index (χ1) is 15.1. The maximum Gasteiger partial charge on any atom is 0.508 e. The van der Waals surface area contributed by atoms with E-state index in [1.165, 1.54) is 64.2 Å². The van der Waals surface area contributed by atoms with Gasteiger partial charge in [0.1, 0.15) is 12.7 Å². The van der Waals surface area contributed by atoms with Gasteiger partial charge in [0.2, 0.25) is 0 Å². The van der Waals surface area contributed by atoms with Gasteiger partial charge in [0, 0.05) is 6.54 Å². The normalized spacial score (nSPS) is 12.8. The van der Waals surface area contributed by atoms with E-state index in [-0.39, 0.29) is 6.10 Å². The second-order valence-electron chi connectivity index (χ2n) is 8.80. The summed E-state index contributed by atoms with van der Waals surface area (Å²) in [6.07, 6.45) is 26.6. The van der Waals surface area contributed by atoms with Gasteiger partial charge < -0.3 is 14.4 Å². The Morgan fingerprint density at radius 3 is 2.00 bits per heavy atom. The van der Waals surface area contributed by atoms with Gasteiger partial charge in [0.05, 0.1) is 0 Å². The molecular weight excluding hydrogens is 386 g/mol. The number of unbranched alkanes of at least 4 members (excludes halogenated alkanes) is 9. The number of hydrogen-bond donors (Lipinski definition) is 0. The number of ether oxygens (including phenoxy) is 2. The molecule has 1 atom stereocenters. The van der Waals surface area contributed by atoms with E-state index in [9.17, 15) is 4.79 Å². The molecule has 182 valence electrons. The Morgan fingerprint density at radius 1 is 0.774 bits per heavy atom. The zero-order valence-electron chi connectivity index (χ0n) is 21.1. The lowest BCUT2D eigenvalue weighted by atomic mass is 10.0. The van der Waals surface area contributed by atoms with Crippen molar-refractivity contribution < 1.29 is 14.3 Å². The Bertz CT molecular complexity index is 446. The summed E-state index contributed by atoms with van der Waals surface area (Å²) in [5.41, 5.74) is 0. The third kappa shape index (κ3) is 23.2. The van der Waals surface area contributed by atoms with Crippen LogP contribution in [0.15, 0.2) is 24.3 Å². The molecule has 4 heteroatoms. The monoisotopic (exact) mass is 437 g/mol. The molecule has 0 aliphatic rings. The van der Waals surface area contributed by atoms with Crippen LogP contribution >= 0.6 is 0 Å². The lowest BCUT2D eigenvalue weighted by Crippen LogP contribution is -2.23. The smallest absolute Gasteiger partial charge is 0.433 e. The molecule has 0 aromatic rings. The summed E-state index contributed by atoms with van der Waals surface area (Å²) in [4.78, 5) is 13.8. The number of likely N-dealkylation sites (N-methyl/N-ethyl adjacent to an activating group) is 1. The Labute approximate surface area is 193 Å². The van der Waals surface area contributed by atoms with Gasteiger partial charge in [0.15, 0.2) is 0 Å². The Balaban J connectivity index is 3.60. The molecule has 0 saturated carbocycles. The average molecular weight is 438 g/mol.